The summed E-state index contributed by atoms with van der Waals surface area (Å²) >= 11 is 0. The van der Waals surface area contributed by atoms with Gasteiger partial charge in [0.2, 0.25) is 5.71 Å². The molecule has 1 aliphatic heterocycles. The molecule has 4 nitrogen and oxygen atoms in total. The van der Waals surface area contributed by atoms with Crippen molar-refractivity contribution in [2.45, 2.75) is 20.7 Å². The monoisotopic (exact) mass is 304 g/mol. The molecular weight excluding hydrogens is 285 g/mol. The highest BCUT2D eigenvalue weighted by atomic mass is 16.3. The number of aryl methyl sites for hydroxylation is 3. The Labute approximate surface area is 136 Å². The molecule has 3 aromatic heterocycles. The topological polar surface area (TPSA) is 33.2 Å². The molecule has 1 aliphatic rings. The minimum Gasteiger partial charge on any atom is -0.439 e. The second-order valence-electron chi connectivity index (χ2n) is 6.26. The lowest BCUT2D eigenvalue weighted by Crippen LogP contribution is -2.50. The number of aromatic nitrogens is 2. The quantitative estimate of drug-likeness (QED) is 0.512. The third kappa shape index (κ3) is 2.15. The zero-order valence-electron chi connectivity index (χ0n) is 13.9. The van der Waals surface area contributed by atoms with Crippen LogP contribution < -0.4 is 14.8 Å². The number of furan rings is 1. The minimum absolute atomic E-state index is 0.190. The van der Waals surface area contributed by atoms with Crippen LogP contribution in [0.25, 0.3) is 17.2 Å². The molecule has 4 rings (SSSR count). The summed E-state index contributed by atoms with van der Waals surface area (Å²) in [6.45, 7) is 6.49. The molecule has 0 saturated carbocycles. The molecule has 3 aromatic rings. The molecule has 0 aromatic carbocycles. The molecule has 23 heavy (non-hydrogen) atoms. The van der Waals surface area contributed by atoms with Crippen LogP contribution in [0.4, 0.5) is 5.82 Å². The summed E-state index contributed by atoms with van der Waals surface area (Å²) in [6, 6.07) is 8.46. The van der Waals surface area contributed by atoms with Gasteiger partial charge in [0.25, 0.3) is 5.82 Å². The van der Waals surface area contributed by atoms with Gasteiger partial charge in [-0.05, 0) is 44.4 Å². The van der Waals surface area contributed by atoms with Gasteiger partial charge >= 0.3 is 6.85 Å². The molecule has 0 fully saturated rings. The van der Waals surface area contributed by atoms with E-state index in [9.17, 15) is 0 Å². The van der Waals surface area contributed by atoms with Crippen LogP contribution in [0.2, 0.25) is 6.82 Å². The van der Waals surface area contributed by atoms with Crippen LogP contribution in [-0.4, -0.2) is 11.8 Å². The number of hydrogen-bond donors (Lipinski definition) is 0. The minimum atomic E-state index is 0.190. The average molecular weight is 304 g/mol. The van der Waals surface area contributed by atoms with Crippen molar-refractivity contribution in [1.29, 1.82) is 0 Å². The fourth-order valence-electron chi connectivity index (χ4n) is 3.36. The smallest absolute Gasteiger partial charge is 0.413 e. The first-order chi connectivity index (χ1) is 11.0. The molecule has 0 radical (unpaired) electrons. The Bertz CT molecular complexity index is 945. The van der Waals surface area contributed by atoms with Crippen molar-refractivity contribution in [3.05, 3.63) is 53.7 Å². The van der Waals surface area contributed by atoms with Crippen molar-refractivity contribution in [3.63, 3.8) is 0 Å². The van der Waals surface area contributed by atoms with Gasteiger partial charge in [0, 0.05) is 28.7 Å². The van der Waals surface area contributed by atoms with Crippen LogP contribution in [0.15, 0.2) is 41.1 Å². The summed E-state index contributed by atoms with van der Waals surface area (Å²) in [4.78, 5) is 6.79. The van der Waals surface area contributed by atoms with Gasteiger partial charge in [-0.15, -0.1) is 0 Å². The molecule has 0 atom stereocenters. The van der Waals surface area contributed by atoms with Gasteiger partial charge in [-0.3, -0.25) is 4.81 Å². The molecule has 114 valence electrons. The first-order valence-electron chi connectivity index (χ1n) is 7.87. The van der Waals surface area contributed by atoms with E-state index in [-0.39, 0.29) is 6.85 Å². The third-order valence-corrected chi connectivity index (χ3v) is 4.50. The van der Waals surface area contributed by atoms with Crippen molar-refractivity contribution in [2.75, 3.05) is 4.81 Å². The van der Waals surface area contributed by atoms with Crippen LogP contribution in [0, 0.1) is 13.8 Å². The predicted octanol–water partition coefficient (Wildman–Crippen LogP) is 2.59. The Morgan fingerprint density at radius 1 is 1.17 bits per heavy atom. The molecule has 0 spiro atoms. The van der Waals surface area contributed by atoms with Crippen molar-refractivity contribution in [3.8, 4) is 0 Å². The number of nitrogens with zero attached hydrogens (tertiary/aromatic N) is 3. The second-order valence-corrected chi connectivity index (χ2v) is 6.26. The Hall–Kier alpha value is -2.56. The van der Waals surface area contributed by atoms with Gasteiger partial charge in [0.05, 0.1) is 19.4 Å². The van der Waals surface area contributed by atoms with Crippen molar-refractivity contribution < 1.29 is 8.98 Å². The lowest BCUT2D eigenvalue weighted by atomic mass is 9.54. The van der Waals surface area contributed by atoms with E-state index in [4.69, 9.17) is 4.42 Å². The van der Waals surface area contributed by atoms with E-state index in [0.717, 1.165) is 28.4 Å². The van der Waals surface area contributed by atoms with Gasteiger partial charge in [0.1, 0.15) is 5.76 Å². The molecule has 5 heteroatoms. The lowest BCUT2D eigenvalue weighted by Gasteiger charge is -2.22. The summed E-state index contributed by atoms with van der Waals surface area (Å²) in [5, 5.41) is 1.10. The van der Waals surface area contributed by atoms with Crippen LogP contribution in [0.3, 0.4) is 0 Å². The zero-order chi connectivity index (χ0) is 16.1. The maximum Gasteiger partial charge on any atom is 0.413 e. The summed E-state index contributed by atoms with van der Waals surface area (Å²) < 4.78 is 8.10. The molecule has 0 aliphatic carbocycles. The van der Waals surface area contributed by atoms with Crippen LogP contribution in [0.5, 0.6) is 0 Å². The van der Waals surface area contributed by atoms with Crippen LogP contribution in [-0.2, 0) is 7.05 Å². The molecule has 0 saturated heterocycles. The molecule has 0 amide bonds. The Morgan fingerprint density at radius 2 is 2.00 bits per heavy atom. The Kier molecular flexibility index (Phi) is 3.05. The highest BCUT2D eigenvalue weighted by molar-refractivity contribution is 6.79. The normalized spacial score (nSPS) is 13.7. The maximum absolute atomic E-state index is 5.94. The number of fused-ring (bicyclic) bond motifs is 3. The predicted molar refractivity (Wildman–Crippen MR) is 93.9 cm³/mol. The van der Waals surface area contributed by atoms with Gasteiger partial charge in [0.15, 0.2) is 0 Å². The molecular formula is C18H19BN3O+. The Balaban J connectivity index is 1.85. The fourth-order valence-corrected chi connectivity index (χ4v) is 3.36. The molecule has 4 heterocycles. The summed E-state index contributed by atoms with van der Waals surface area (Å²) in [7, 11) is 2.08. The molecule has 0 bridgehead atoms. The highest BCUT2D eigenvalue weighted by Crippen LogP contribution is 2.24. The fraction of sp³-hybridized carbons (Fsp3) is 0.222. The highest BCUT2D eigenvalue weighted by Gasteiger charge is 2.37. The van der Waals surface area contributed by atoms with Gasteiger partial charge in [-0.1, -0.05) is 0 Å². The van der Waals surface area contributed by atoms with Gasteiger partial charge in [-0.25, -0.2) is 9.55 Å². The molecule has 0 unspecified atom stereocenters. The zero-order valence-corrected chi connectivity index (χ0v) is 13.9. The summed E-state index contributed by atoms with van der Waals surface area (Å²) in [6.07, 6.45) is 6.27. The van der Waals surface area contributed by atoms with Crippen LogP contribution >= 0.6 is 0 Å². The SMILES string of the molecule is CB1c2c(oc3nc(C)ccc23)C=CN1c1ccc(C)c[n+]1C. The van der Waals surface area contributed by atoms with Crippen molar-refractivity contribution in [2.24, 2.45) is 7.05 Å². The number of rotatable bonds is 1. The van der Waals surface area contributed by atoms with E-state index in [1.54, 1.807) is 0 Å². The van der Waals surface area contributed by atoms with E-state index in [2.05, 4.69) is 65.8 Å². The summed E-state index contributed by atoms with van der Waals surface area (Å²) in [5.41, 5.74) is 4.15. The summed E-state index contributed by atoms with van der Waals surface area (Å²) in [5.74, 6) is 2.07. The first kappa shape index (κ1) is 14.1. The third-order valence-electron chi connectivity index (χ3n) is 4.50. The largest absolute Gasteiger partial charge is 0.439 e. The Morgan fingerprint density at radius 3 is 2.78 bits per heavy atom. The van der Waals surface area contributed by atoms with E-state index < -0.39 is 0 Å². The number of pyridine rings is 2. The number of hydrogen-bond acceptors (Lipinski definition) is 3. The van der Waals surface area contributed by atoms with E-state index in [1.807, 2.05) is 19.1 Å². The van der Waals surface area contributed by atoms with Crippen molar-refractivity contribution in [1.82, 2.24) is 4.98 Å². The first-order valence-corrected chi connectivity index (χ1v) is 7.87. The standard InChI is InChI=1S/C18H19BN3O/c1-12-5-8-16(21(4)11-12)22-10-9-15-17(19(22)3)14-7-6-13(2)20-18(14)23-15/h5-11H,1-4H3/q+1. The lowest BCUT2D eigenvalue weighted by molar-refractivity contribution is -0.658. The van der Waals surface area contributed by atoms with Gasteiger partial charge in [-0.2, -0.15) is 0 Å². The van der Waals surface area contributed by atoms with E-state index in [0.29, 0.717) is 0 Å². The molecule has 0 N–H and O–H groups in total. The van der Waals surface area contributed by atoms with E-state index >= 15 is 0 Å². The number of anilines is 1. The van der Waals surface area contributed by atoms with Crippen molar-refractivity contribution >= 4 is 35.3 Å². The van der Waals surface area contributed by atoms with Crippen LogP contribution in [0.1, 0.15) is 17.0 Å². The van der Waals surface area contributed by atoms with E-state index in [1.165, 1.54) is 11.0 Å². The maximum atomic E-state index is 5.94. The van der Waals surface area contributed by atoms with Gasteiger partial charge < -0.3 is 4.42 Å². The average Bonchev–Trinajstić information content (AvgIpc) is 2.86. The second kappa shape index (κ2) is 4.98.